The van der Waals surface area contributed by atoms with Crippen molar-refractivity contribution in [3.63, 3.8) is 0 Å². The molecule has 0 bridgehead atoms. The number of nitrogens with two attached hydrogens (primary N) is 1. The Morgan fingerprint density at radius 2 is 1.82 bits per heavy atom. The normalized spacial score (nSPS) is 15.1. The smallest absolute Gasteiger partial charge is 0.255 e. The van der Waals surface area contributed by atoms with Crippen molar-refractivity contribution in [1.82, 2.24) is 5.32 Å². The fourth-order valence-corrected chi connectivity index (χ4v) is 2.74. The van der Waals surface area contributed by atoms with Crippen LogP contribution in [0, 0.1) is 5.41 Å². The van der Waals surface area contributed by atoms with Crippen LogP contribution in [0.5, 0.6) is 0 Å². The molecule has 0 saturated carbocycles. The SMILES string of the molecule is C/C(NCc1ccc(C(=O)Nc2ccccc2N)cc1)=C1\C=C(F)C=CC1=N. The molecule has 0 spiro atoms. The highest BCUT2D eigenvalue weighted by Crippen LogP contribution is 2.19. The minimum absolute atomic E-state index is 0.237. The number of anilines is 2. The number of nitrogen functional groups attached to an aromatic ring is 1. The first-order chi connectivity index (χ1) is 13.4. The molecule has 6 heteroatoms. The molecule has 0 aliphatic heterocycles. The summed E-state index contributed by atoms with van der Waals surface area (Å²) in [5, 5.41) is 13.9. The molecule has 5 nitrogen and oxygen atoms in total. The number of carbonyl (C=O) groups excluding carboxylic acids is 1. The molecule has 0 heterocycles. The van der Waals surface area contributed by atoms with Gasteiger partial charge in [0, 0.05) is 23.4 Å². The average Bonchev–Trinajstić information content (AvgIpc) is 2.70. The average molecular weight is 376 g/mol. The zero-order chi connectivity index (χ0) is 20.1. The van der Waals surface area contributed by atoms with E-state index in [-0.39, 0.29) is 17.4 Å². The number of benzene rings is 2. The third kappa shape index (κ3) is 4.54. The van der Waals surface area contributed by atoms with Gasteiger partial charge in [-0.25, -0.2) is 4.39 Å². The lowest BCUT2D eigenvalue weighted by molar-refractivity contribution is 0.102. The summed E-state index contributed by atoms with van der Waals surface area (Å²) in [5.41, 5.74) is 9.90. The van der Waals surface area contributed by atoms with Crippen LogP contribution in [0.1, 0.15) is 22.8 Å². The van der Waals surface area contributed by atoms with Gasteiger partial charge in [-0.2, -0.15) is 0 Å². The first kappa shape index (κ1) is 19.1. The van der Waals surface area contributed by atoms with Crippen LogP contribution in [0.25, 0.3) is 0 Å². The highest BCUT2D eigenvalue weighted by Gasteiger charge is 2.11. The summed E-state index contributed by atoms with van der Waals surface area (Å²) in [6, 6.07) is 14.2. The molecule has 0 unspecified atom stereocenters. The number of para-hydroxylation sites is 2. The predicted octanol–water partition coefficient (Wildman–Crippen LogP) is 4.33. The third-order valence-electron chi connectivity index (χ3n) is 4.37. The zero-order valence-corrected chi connectivity index (χ0v) is 15.4. The van der Waals surface area contributed by atoms with Crippen molar-refractivity contribution in [2.75, 3.05) is 11.1 Å². The topological polar surface area (TPSA) is 91.0 Å². The summed E-state index contributed by atoms with van der Waals surface area (Å²) in [7, 11) is 0. The summed E-state index contributed by atoms with van der Waals surface area (Å²) in [4.78, 5) is 12.4. The van der Waals surface area contributed by atoms with Crippen LogP contribution < -0.4 is 16.4 Å². The van der Waals surface area contributed by atoms with Crippen LogP contribution in [0.2, 0.25) is 0 Å². The van der Waals surface area contributed by atoms with Gasteiger partial charge in [-0.3, -0.25) is 4.79 Å². The van der Waals surface area contributed by atoms with Gasteiger partial charge in [-0.05, 0) is 55.0 Å². The van der Waals surface area contributed by atoms with Gasteiger partial charge in [0.15, 0.2) is 0 Å². The van der Waals surface area contributed by atoms with E-state index >= 15 is 0 Å². The molecule has 0 aromatic heterocycles. The van der Waals surface area contributed by atoms with Crippen LogP contribution in [-0.4, -0.2) is 11.6 Å². The van der Waals surface area contributed by atoms with E-state index < -0.39 is 0 Å². The summed E-state index contributed by atoms with van der Waals surface area (Å²) in [6.07, 6.45) is 4.04. The molecule has 0 radical (unpaired) electrons. The van der Waals surface area contributed by atoms with Gasteiger partial charge >= 0.3 is 0 Å². The second-order valence-electron chi connectivity index (χ2n) is 6.41. The van der Waals surface area contributed by atoms with E-state index in [9.17, 15) is 9.18 Å². The lowest BCUT2D eigenvalue weighted by Gasteiger charge is -2.13. The molecule has 5 N–H and O–H groups in total. The maximum absolute atomic E-state index is 13.4. The molecule has 1 aliphatic rings. The third-order valence-corrected chi connectivity index (χ3v) is 4.37. The first-order valence-corrected chi connectivity index (χ1v) is 8.78. The zero-order valence-electron chi connectivity index (χ0n) is 15.4. The van der Waals surface area contributed by atoms with Crippen molar-refractivity contribution in [3.05, 3.63) is 95.0 Å². The Hall–Kier alpha value is -3.67. The minimum Gasteiger partial charge on any atom is -0.397 e. The van der Waals surface area contributed by atoms with Gasteiger partial charge in [-0.15, -0.1) is 0 Å². The first-order valence-electron chi connectivity index (χ1n) is 8.78. The fourth-order valence-electron chi connectivity index (χ4n) is 2.74. The second kappa shape index (κ2) is 8.35. The second-order valence-corrected chi connectivity index (χ2v) is 6.41. The van der Waals surface area contributed by atoms with Crippen LogP contribution in [-0.2, 0) is 6.54 Å². The van der Waals surface area contributed by atoms with Crippen LogP contribution in [0.4, 0.5) is 15.8 Å². The Morgan fingerprint density at radius 3 is 2.54 bits per heavy atom. The predicted molar refractivity (Wildman–Crippen MR) is 111 cm³/mol. The molecule has 0 fully saturated rings. The Bertz CT molecular complexity index is 1000. The molecule has 0 saturated heterocycles. The standard InChI is InChI=1S/C22H21FN4O/c1-14(18-12-17(23)10-11-19(18)24)26-13-15-6-8-16(9-7-15)22(28)27-21-5-3-2-4-20(21)25/h2-12,24,26H,13,25H2,1H3,(H,27,28)/b18-14-,24-19?. The Kier molecular flexibility index (Phi) is 5.69. The number of hydrogen-bond donors (Lipinski definition) is 4. The van der Waals surface area contributed by atoms with Gasteiger partial charge in [0.1, 0.15) is 5.83 Å². The molecule has 2 aromatic rings. The van der Waals surface area contributed by atoms with E-state index in [4.69, 9.17) is 11.1 Å². The van der Waals surface area contributed by atoms with Gasteiger partial charge in [0.25, 0.3) is 5.91 Å². The maximum Gasteiger partial charge on any atom is 0.255 e. The van der Waals surface area contributed by atoms with Crippen LogP contribution in [0.3, 0.4) is 0 Å². The lowest BCUT2D eigenvalue weighted by atomic mass is 10.0. The molecular weight excluding hydrogens is 355 g/mol. The molecular formula is C22H21FN4O. The number of amides is 1. The van der Waals surface area contributed by atoms with Crippen molar-refractivity contribution in [2.45, 2.75) is 13.5 Å². The summed E-state index contributed by atoms with van der Waals surface area (Å²) < 4.78 is 13.4. The largest absolute Gasteiger partial charge is 0.397 e. The Balaban J connectivity index is 1.63. The van der Waals surface area contributed by atoms with Crippen LogP contribution in [0.15, 0.2) is 83.9 Å². The lowest BCUT2D eigenvalue weighted by Crippen LogP contribution is -2.16. The molecule has 28 heavy (non-hydrogen) atoms. The minimum atomic E-state index is -0.374. The van der Waals surface area contributed by atoms with E-state index in [0.29, 0.717) is 34.8 Å². The quantitative estimate of drug-likeness (QED) is 0.586. The van der Waals surface area contributed by atoms with E-state index in [2.05, 4.69) is 10.6 Å². The highest BCUT2D eigenvalue weighted by atomic mass is 19.1. The number of carbonyl (C=O) groups is 1. The molecule has 1 aliphatic carbocycles. The number of allylic oxidation sites excluding steroid dienone is 6. The van der Waals surface area contributed by atoms with E-state index in [1.54, 1.807) is 43.3 Å². The monoisotopic (exact) mass is 376 g/mol. The Labute approximate surface area is 163 Å². The van der Waals surface area contributed by atoms with Crippen molar-refractivity contribution < 1.29 is 9.18 Å². The molecule has 2 aromatic carbocycles. The van der Waals surface area contributed by atoms with Crippen molar-refractivity contribution in [1.29, 1.82) is 5.41 Å². The van der Waals surface area contributed by atoms with Gasteiger partial charge < -0.3 is 21.8 Å². The Morgan fingerprint density at radius 1 is 1.11 bits per heavy atom. The fraction of sp³-hybridized carbons (Fsp3) is 0.0909. The summed E-state index contributed by atoms with van der Waals surface area (Å²) in [5.74, 6) is -0.611. The van der Waals surface area contributed by atoms with Crippen LogP contribution >= 0.6 is 0 Å². The number of hydrogen-bond acceptors (Lipinski definition) is 4. The maximum atomic E-state index is 13.4. The summed E-state index contributed by atoms with van der Waals surface area (Å²) >= 11 is 0. The highest BCUT2D eigenvalue weighted by molar-refractivity contribution is 6.10. The van der Waals surface area contributed by atoms with Gasteiger partial charge in [0.2, 0.25) is 0 Å². The van der Waals surface area contributed by atoms with E-state index in [1.165, 1.54) is 18.2 Å². The van der Waals surface area contributed by atoms with Crippen molar-refractivity contribution in [2.24, 2.45) is 0 Å². The number of rotatable bonds is 5. The number of nitrogens with one attached hydrogen (secondary N) is 3. The van der Waals surface area contributed by atoms with E-state index in [1.807, 2.05) is 12.1 Å². The summed E-state index contributed by atoms with van der Waals surface area (Å²) in [6.45, 7) is 2.30. The molecule has 142 valence electrons. The van der Waals surface area contributed by atoms with E-state index in [0.717, 1.165) is 5.56 Å². The van der Waals surface area contributed by atoms with Gasteiger partial charge in [0.05, 0.1) is 17.1 Å². The van der Waals surface area contributed by atoms with Gasteiger partial charge in [-0.1, -0.05) is 24.3 Å². The molecule has 0 atom stereocenters. The van der Waals surface area contributed by atoms with Crippen molar-refractivity contribution in [3.8, 4) is 0 Å². The molecule has 1 amide bonds. The number of halogens is 1. The molecule has 3 rings (SSSR count). The van der Waals surface area contributed by atoms with Crippen molar-refractivity contribution >= 4 is 23.0 Å².